The summed E-state index contributed by atoms with van der Waals surface area (Å²) in [5.74, 6) is 0.809. The van der Waals surface area contributed by atoms with Crippen LogP contribution in [0.3, 0.4) is 0 Å². The summed E-state index contributed by atoms with van der Waals surface area (Å²) in [4.78, 5) is 16.3. The molecule has 1 fully saturated rings. The van der Waals surface area contributed by atoms with E-state index in [-0.39, 0.29) is 6.03 Å². The minimum absolute atomic E-state index is 0.0225. The standard InChI is InChI=1S/C17H27N3O3/c1-19-9-8-15(13-19)20(2)17(21)18-12-14-4-6-16(7-5-14)23-11-10-22-3/h4-7,15H,8-13H2,1-3H3,(H,18,21)/t15-/m1/s1. The summed E-state index contributed by atoms with van der Waals surface area (Å²) in [7, 11) is 5.60. The van der Waals surface area contributed by atoms with Crippen molar-refractivity contribution < 1.29 is 14.3 Å². The molecule has 0 spiro atoms. The molecule has 0 aliphatic carbocycles. The SMILES string of the molecule is COCCOc1ccc(CNC(=O)N(C)[C@@H]2CCN(C)C2)cc1. The number of nitrogens with one attached hydrogen (secondary N) is 1. The molecule has 1 saturated heterocycles. The van der Waals surface area contributed by atoms with Gasteiger partial charge < -0.3 is 24.6 Å². The monoisotopic (exact) mass is 321 g/mol. The molecule has 0 radical (unpaired) electrons. The van der Waals surface area contributed by atoms with Crippen molar-refractivity contribution in [1.82, 2.24) is 15.1 Å². The molecule has 2 amide bonds. The molecule has 0 bridgehead atoms. The molecule has 1 N–H and O–H groups in total. The van der Waals surface area contributed by atoms with Crippen molar-refractivity contribution in [1.29, 1.82) is 0 Å². The van der Waals surface area contributed by atoms with E-state index in [0.29, 0.717) is 25.8 Å². The number of hydrogen-bond donors (Lipinski definition) is 1. The van der Waals surface area contributed by atoms with E-state index >= 15 is 0 Å². The predicted octanol–water partition coefficient (Wildman–Crippen LogP) is 1.56. The molecular weight excluding hydrogens is 294 g/mol. The van der Waals surface area contributed by atoms with Crippen LogP contribution in [0.25, 0.3) is 0 Å². The summed E-state index contributed by atoms with van der Waals surface area (Å²) in [5.41, 5.74) is 1.05. The molecule has 1 aliphatic heterocycles. The van der Waals surface area contributed by atoms with Gasteiger partial charge in [0, 0.05) is 33.3 Å². The first-order chi connectivity index (χ1) is 11.1. The van der Waals surface area contributed by atoms with Gasteiger partial charge in [0.15, 0.2) is 0 Å². The number of ether oxygens (including phenoxy) is 2. The summed E-state index contributed by atoms with van der Waals surface area (Å²) < 4.78 is 10.5. The van der Waals surface area contributed by atoms with Crippen molar-refractivity contribution in [3.63, 3.8) is 0 Å². The molecular formula is C17H27N3O3. The maximum atomic E-state index is 12.2. The van der Waals surface area contributed by atoms with E-state index in [1.165, 1.54) is 0 Å². The van der Waals surface area contributed by atoms with Crippen LogP contribution < -0.4 is 10.1 Å². The molecule has 2 rings (SSSR count). The van der Waals surface area contributed by atoms with E-state index in [0.717, 1.165) is 30.8 Å². The quantitative estimate of drug-likeness (QED) is 0.774. The molecule has 6 heteroatoms. The second-order valence-electron chi connectivity index (χ2n) is 5.96. The number of likely N-dealkylation sites (tertiary alicyclic amines) is 1. The minimum Gasteiger partial charge on any atom is -0.491 e. The Morgan fingerprint density at radius 1 is 1.35 bits per heavy atom. The van der Waals surface area contributed by atoms with Crippen LogP contribution in [-0.2, 0) is 11.3 Å². The first kappa shape index (κ1) is 17.6. The fourth-order valence-corrected chi connectivity index (χ4v) is 2.64. The maximum Gasteiger partial charge on any atom is 0.317 e. The van der Waals surface area contributed by atoms with E-state index in [2.05, 4.69) is 17.3 Å². The smallest absolute Gasteiger partial charge is 0.317 e. The summed E-state index contributed by atoms with van der Waals surface area (Å²) >= 11 is 0. The Bertz CT molecular complexity index is 492. The van der Waals surface area contributed by atoms with Crippen molar-refractivity contribution in [2.24, 2.45) is 0 Å². The van der Waals surface area contributed by atoms with Crippen LogP contribution in [-0.4, -0.2) is 69.4 Å². The fourth-order valence-electron chi connectivity index (χ4n) is 2.64. The van der Waals surface area contributed by atoms with Crippen LogP contribution >= 0.6 is 0 Å². The van der Waals surface area contributed by atoms with Gasteiger partial charge in [0.1, 0.15) is 12.4 Å². The summed E-state index contributed by atoms with van der Waals surface area (Å²) in [6, 6.07) is 8.03. The molecule has 23 heavy (non-hydrogen) atoms. The molecule has 1 heterocycles. The summed E-state index contributed by atoms with van der Waals surface area (Å²) in [5, 5.41) is 2.97. The second kappa shape index (κ2) is 8.74. The van der Waals surface area contributed by atoms with Crippen LogP contribution in [0, 0.1) is 0 Å². The zero-order valence-corrected chi connectivity index (χ0v) is 14.2. The van der Waals surface area contributed by atoms with Crippen molar-refractivity contribution in [2.75, 3.05) is 47.5 Å². The number of likely N-dealkylation sites (N-methyl/N-ethyl adjacent to an activating group) is 2. The molecule has 0 unspecified atom stereocenters. The zero-order chi connectivity index (χ0) is 16.7. The van der Waals surface area contributed by atoms with Crippen LogP contribution in [0.4, 0.5) is 4.79 Å². The second-order valence-corrected chi connectivity index (χ2v) is 5.96. The number of carbonyl (C=O) groups is 1. The molecule has 1 atom stereocenters. The van der Waals surface area contributed by atoms with Crippen LogP contribution in [0.5, 0.6) is 5.75 Å². The third-order valence-electron chi connectivity index (χ3n) is 4.16. The van der Waals surface area contributed by atoms with Gasteiger partial charge in [-0.05, 0) is 37.7 Å². The summed E-state index contributed by atoms with van der Waals surface area (Å²) in [6.07, 6.45) is 1.04. The highest BCUT2D eigenvalue weighted by atomic mass is 16.5. The van der Waals surface area contributed by atoms with E-state index < -0.39 is 0 Å². The fraction of sp³-hybridized carbons (Fsp3) is 0.588. The Morgan fingerprint density at radius 3 is 2.70 bits per heavy atom. The number of amides is 2. The number of rotatable bonds is 7. The predicted molar refractivity (Wildman–Crippen MR) is 89.7 cm³/mol. The van der Waals surface area contributed by atoms with Gasteiger partial charge in [0.05, 0.1) is 6.61 Å². The van der Waals surface area contributed by atoms with Gasteiger partial charge in [-0.1, -0.05) is 12.1 Å². The third-order valence-corrected chi connectivity index (χ3v) is 4.16. The molecule has 6 nitrogen and oxygen atoms in total. The van der Waals surface area contributed by atoms with Crippen LogP contribution in [0.15, 0.2) is 24.3 Å². The zero-order valence-electron chi connectivity index (χ0n) is 14.2. The number of benzene rings is 1. The van der Waals surface area contributed by atoms with Crippen molar-refractivity contribution in [2.45, 2.75) is 19.0 Å². The van der Waals surface area contributed by atoms with E-state index in [9.17, 15) is 4.79 Å². The Labute approximate surface area is 138 Å². The lowest BCUT2D eigenvalue weighted by Gasteiger charge is -2.24. The molecule has 1 aromatic rings. The topological polar surface area (TPSA) is 54.0 Å². The Hall–Kier alpha value is -1.79. The van der Waals surface area contributed by atoms with Crippen LogP contribution in [0.1, 0.15) is 12.0 Å². The van der Waals surface area contributed by atoms with Gasteiger partial charge >= 0.3 is 6.03 Å². The van der Waals surface area contributed by atoms with Crippen molar-refractivity contribution in [3.05, 3.63) is 29.8 Å². The molecule has 128 valence electrons. The van der Waals surface area contributed by atoms with E-state index in [4.69, 9.17) is 9.47 Å². The van der Waals surface area contributed by atoms with Gasteiger partial charge in [0.25, 0.3) is 0 Å². The summed E-state index contributed by atoms with van der Waals surface area (Å²) in [6.45, 7) is 3.61. The highest BCUT2D eigenvalue weighted by molar-refractivity contribution is 5.74. The van der Waals surface area contributed by atoms with Gasteiger partial charge in [-0.2, -0.15) is 0 Å². The molecule has 0 aromatic heterocycles. The molecule has 1 aromatic carbocycles. The minimum atomic E-state index is -0.0225. The lowest BCUT2D eigenvalue weighted by Crippen LogP contribution is -2.44. The molecule has 0 saturated carbocycles. The molecule has 1 aliphatic rings. The first-order valence-corrected chi connectivity index (χ1v) is 8.00. The first-order valence-electron chi connectivity index (χ1n) is 8.00. The van der Waals surface area contributed by atoms with E-state index in [1.807, 2.05) is 36.2 Å². The highest BCUT2D eigenvalue weighted by Gasteiger charge is 2.26. The number of hydrogen-bond acceptors (Lipinski definition) is 4. The normalized spacial score (nSPS) is 18.0. The highest BCUT2D eigenvalue weighted by Crippen LogP contribution is 2.14. The van der Waals surface area contributed by atoms with Gasteiger partial charge in [-0.25, -0.2) is 4.79 Å². The third kappa shape index (κ3) is 5.41. The van der Waals surface area contributed by atoms with Gasteiger partial charge in [-0.3, -0.25) is 0 Å². The van der Waals surface area contributed by atoms with Crippen LogP contribution in [0.2, 0.25) is 0 Å². The number of carbonyl (C=O) groups excluding carboxylic acids is 1. The Morgan fingerprint density at radius 2 is 2.09 bits per heavy atom. The maximum absolute atomic E-state index is 12.2. The van der Waals surface area contributed by atoms with Gasteiger partial charge in [0.2, 0.25) is 0 Å². The van der Waals surface area contributed by atoms with Crippen molar-refractivity contribution in [3.8, 4) is 5.75 Å². The average molecular weight is 321 g/mol. The van der Waals surface area contributed by atoms with E-state index in [1.54, 1.807) is 7.11 Å². The number of methoxy groups -OCH3 is 1. The Balaban J connectivity index is 1.75. The largest absolute Gasteiger partial charge is 0.491 e. The number of nitrogens with zero attached hydrogens (tertiary/aromatic N) is 2. The number of urea groups is 1. The lowest BCUT2D eigenvalue weighted by molar-refractivity contribution is 0.146. The lowest BCUT2D eigenvalue weighted by atomic mass is 10.2. The Kier molecular flexibility index (Phi) is 6.67. The van der Waals surface area contributed by atoms with Crippen molar-refractivity contribution >= 4 is 6.03 Å². The van der Waals surface area contributed by atoms with Gasteiger partial charge in [-0.15, -0.1) is 0 Å². The average Bonchev–Trinajstić information content (AvgIpc) is 3.00.